The van der Waals surface area contributed by atoms with Gasteiger partial charge in [-0.05, 0) is 38.0 Å². The fourth-order valence-electron chi connectivity index (χ4n) is 3.59. The number of aliphatic imine (C=N–C) groups is 1. The normalized spacial score (nSPS) is 42.5. The van der Waals surface area contributed by atoms with Gasteiger partial charge in [0, 0.05) is 0 Å². The summed E-state index contributed by atoms with van der Waals surface area (Å²) >= 11 is 0.932. The van der Waals surface area contributed by atoms with Gasteiger partial charge in [-0.3, -0.25) is 9.79 Å². The van der Waals surface area contributed by atoms with E-state index in [0.717, 1.165) is 30.5 Å². The van der Waals surface area contributed by atoms with Gasteiger partial charge in [0.2, 0.25) is 5.91 Å². The van der Waals surface area contributed by atoms with Gasteiger partial charge in [-0.25, -0.2) is 0 Å². The number of hydrogen-bond acceptors (Lipinski definition) is 3. The van der Waals surface area contributed by atoms with Crippen molar-refractivity contribution in [1.82, 2.24) is 5.32 Å². The Morgan fingerprint density at radius 2 is 2.15 bits per heavy atom. The summed E-state index contributed by atoms with van der Waals surface area (Å²) in [6.07, 6.45) is -0.866. The average Bonchev–Trinajstić information content (AvgIpc) is 2.92. The van der Waals surface area contributed by atoms with Crippen LogP contribution in [0.3, 0.4) is 0 Å². The van der Waals surface area contributed by atoms with Crippen molar-refractivity contribution in [2.24, 2.45) is 16.8 Å². The van der Waals surface area contributed by atoms with Gasteiger partial charge in [0.1, 0.15) is 4.75 Å². The van der Waals surface area contributed by atoms with E-state index in [4.69, 9.17) is 0 Å². The lowest BCUT2D eigenvalue weighted by Crippen LogP contribution is -2.37. The molecule has 3 rings (SSSR count). The molecule has 1 saturated heterocycles. The lowest BCUT2D eigenvalue weighted by atomic mass is 9.96. The van der Waals surface area contributed by atoms with E-state index in [2.05, 4.69) is 10.3 Å². The SMILES string of the molecule is C[C@]1(CC(F)(F)F)SC(=N[C@H]2C[C@H]3CC[C@H]2C3)NC1=O. The van der Waals surface area contributed by atoms with Crippen molar-refractivity contribution < 1.29 is 18.0 Å². The Bertz CT molecular complexity index is 465. The number of amides is 1. The summed E-state index contributed by atoms with van der Waals surface area (Å²) in [6.45, 7) is 1.34. The standard InChI is InChI=1S/C13H17F3N2OS/c1-12(6-13(14,15)16)10(19)18-11(20-12)17-9-5-7-2-3-8(9)4-7/h7-9H,2-6H2,1H3,(H,17,18,19)/t7-,8-,9-,12+/m0/s1. The third-order valence-corrected chi connectivity index (χ3v) is 5.73. The molecular weight excluding hydrogens is 289 g/mol. The first kappa shape index (κ1) is 14.2. The Kier molecular flexibility index (Phi) is 3.30. The van der Waals surface area contributed by atoms with Crippen LogP contribution in [0.1, 0.15) is 39.0 Å². The molecule has 0 aromatic carbocycles. The molecule has 0 aromatic heterocycles. The second-order valence-electron chi connectivity index (χ2n) is 6.26. The fourth-order valence-corrected chi connectivity index (χ4v) is 4.73. The van der Waals surface area contributed by atoms with E-state index in [0.29, 0.717) is 11.1 Å². The van der Waals surface area contributed by atoms with Gasteiger partial charge >= 0.3 is 6.18 Å². The van der Waals surface area contributed by atoms with Crippen LogP contribution in [0.25, 0.3) is 0 Å². The molecular formula is C13H17F3N2OS. The summed E-state index contributed by atoms with van der Waals surface area (Å²) in [4.78, 5) is 16.3. The number of alkyl halides is 3. The van der Waals surface area contributed by atoms with E-state index in [9.17, 15) is 18.0 Å². The van der Waals surface area contributed by atoms with Gasteiger partial charge < -0.3 is 5.32 Å². The summed E-state index contributed by atoms with van der Waals surface area (Å²) in [6, 6.07) is 0.185. The van der Waals surface area contributed by atoms with E-state index in [1.54, 1.807) is 0 Å². The quantitative estimate of drug-likeness (QED) is 0.851. The van der Waals surface area contributed by atoms with Gasteiger partial charge in [-0.15, -0.1) is 0 Å². The molecule has 20 heavy (non-hydrogen) atoms. The smallest absolute Gasteiger partial charge is 0.304 e. The van der Waals surface area contributed by atoms with Crippen LogP contribution in [0.5, 0.6) is 0 Å². The van der Waals surface area contributed by atoms with Crippen LogP contribution in [0.4, 0.5) is 13.2 Å². The zero-order valence-corrected chi connectivity index (χ0v) is 12.0. The number of nitrogens with zero attached hydrogens (tertiary/aromatic N) is 1. The zero-order valence-electron chi connectivity index (χ0n) is 11.2. The molecule has 7 heteroatoms. The molecule has 1 aliphatic heterocycles. The summed E-state index contributed by atoms with van der Waals surface area (Å²) in [5.74, 6) is 0.694. The number of halogens is 3. The lowest BCUT2D eigenvalue weighted by Gasteiger charge is -2.20. The maximum Gasteiger partial charge on any atom is 0.390 e. The average molecular weight is 306 g/mol. The number of thioether (sulfide) groups is 1. The molecule has 0 radical (unpaired) electrons. The number of hydrogen-bond donors (Lipinski definition) is 1. The molecule has 4 atom stereocenters. The second-order valence-corrected chi connectivity index (χ2v) is 7.75. The van der Waals surface area contributed by atoms with E-state index in [1.165, 1.54) is 19.8 Å². The van der Waals surface area contributed by atoms with Crippen molar-refractivity contribution >= 4 is 22.8 Å². The van der Waals surface area contributed by atoms with Crippen molar-refractivity contribution in [3.63, 3.8) is 0 Å². The molecule has 3 nitrogen and oxygen atoms in total. The maximum atomic E-state index is 12.5. The van der Waals surface area contributed by atoms with Crippen LogP contribution in [0, 0.1) is 11.8 Å². The minimum absolute atomic E-state index is 0.185. The highest BCUT2D eigenvalue weighted by atomic mass is 32.2. The molecule has 1 amide bonds. The van der Waals surface area contributed by atoms with Crippen LogP contribution in [0.2, 0.25) is 0 Å². The van der Waals surface area contributed by atoms with Crippen molar-refractivity contribution in [2.75, 3.05) is 0 Å². The van der Waals surface area contributed by atoms with Crippen LogP contribution < -0.4 is 5.32 Å². The highest BCUT2D eigenvalue weighted by Gasteiger charge is 2.50. The van der Waals surface area contributed by atoms with Crippen LogP contribution in [-0.4, -0.2) is 28.0 Å². The van der Waals surface area contributed by atoms with Crippen LogP contribution in [-0.2, 0) is 4.79 Å². The molecule has 2 aliphatic carbocycles. The van der Waals surface area contributed by atoms with Crippen molar-refractivity contribution in [1.29, 1.82) is 0 Å². The first-order valence-electron chi connectivity index (χ1n) is 6.90. The minimum atomic E-state index is -4.35. The Morgan fingerprint density at radius 1 is 1.40 bits per heavy atom. The second kappa shape index (κ2) is 4.64. The predicted octanol–water partition coefficient (Wildman–Crippen LogP) is 3.11. The summed E-state index contributed by atoms with van der Waals surface area (Å²) in [5.41, 5.74) is 0. The molecule has 0 aromatic rings. The molecule has 1 N–H and O–H groups in total. The Hall–Kier alpha value is -0.720. The Labute approximate surface area is 119 Å². The molecule has 0 unspecified atom stereocenters. The highest BCUT2D eigenvalue weighted by Crippen LogP contribution is 2.47. The minimum Gasteiger partial charge on any atom is -0.304 e. The predicted molar refractivity (Wildman–Crippen MR) is 71.5 cm³/mol. The monoisotopic (exact) mass is 306 g/mol. The van der Waals surface area contributed by atoms with Gasteiger partial charge in [-0.1, -0.05) is 18.2 Å². The molecule has 112 valence electrons. The molecule has 2 bridgehead atoms. The van der Waals surface area contributed by atoms with Crippen LogP contribution >= 0.6 is 11.8 Å². The summed E-state index contributed by atoms with van der Waals surface area (Å²) < 4.78 is 36.2. The number of nitrogens with one attached hydrogen (secondary N) is 1. The summed E-state index contributed by atoms with van der Waals surface area (Å²) in [7, 11) is 0. The van der Waals surface area contributed by atoms with Crippen LogP contribution in [0.15, 0.2) is 4.99 Å². The number of carbonyl (C=O) groups excluding carboxylic acids is 1. The van der Waals surface area contributed by atoms with Gasteiger partial charge in [0.15, 0.2) is 5.17 Å². The first-order valence-corrected chi connectivity index (χ1v) is 7.72. The third-order valence-electron chi connectivity index (χ3n) is 4.54. The molecule has 3 aliphatic rings. The van der Waals surface area contributed by atoms with Crippen molar-refractivity contribution in [3.05, 3.63) is 0 Å². The number of rotatable bonds is 2. The highest BCUT2D eigenvalue weighted by molar-refractivity contribution is 8.16. The maximum absolute atomic E-state index is 12.5. The lowest BCUT2D eigenvalue weighted by molar-refractivity contribution is -0.148. The van der Waals surface area contributed by atoms with E-state index in [1.807, 2.05) is 0 Å². The zero-order chi connectivity index (χ0) is 14.5. The topological polar surface area (TPSA) is 41.5 Å². The number of fused-ring (bicyclic) bond motifs is 2. The molecule has 3 fully saturated rings. The Morgan fingerprint density at radius 3 is 2.70 bits per heavy atom. The van der Waals surface area contributed by atoms with Gasteiger partial charge in [0.05, 0.1) is 12.5 Å². The number of amidine groups is 1. The van der Waals surface area contributed by atoms with E-state index >= 15 is 0 Å². The van der Waals surface area contributed by atoms with Gasteiger partial charge in [0.25, 0.3) is 0 Å². The van der Waals surface area contributed by atoms with Crippen molar-refractivity contribution in [2.45, 2.75) is 56.0 Å². The van der Waals surface area contributed by atoms with Crippen molar-refractivity contribution in [3.8, 4) is 0 Å². The molecule has 1 heterocycles. The fraction of sp³-hybridized carbons (Fsp3) is 0.846. The van der Waals surface area contributed by atoms with E-state index in [-0.39, 0.29) is 6.04 Å². The van der Waals surface area contributed by atoms with Gasteiger partial charge in [-0.2, -0.15) is 13.2 Å². The third kappa shape index (κ3) is 2.69. The Balaban J connectivity index is 1.70. The van der Waals surface area contributed by atoms with E-state index < -0.39 is 23.3 Å². The molecule has 0 spiro atoms. The number of carbonyl (C=O) groups is 1. The summed E-state index contributed by atoms with van der Waals surface area (Å²) in [5, 5.41) is 2.90. The molecule has 2 saturated carbocycles. The largest absolute Gasteiger partial charge is 0.390 e. The first-order chi connectivity index (χ1) is 9.25.